The van der Waals surface area contributed by atoms with Crippen LogP contribution in [0.15, 0.2) is 18.7 Å². The molecule has 0 saturated heterocycles. The zero-order valence-corrected chi connectivity index (χ0v) is 17.4. The second-order valence-corrected chi connectivity index (χ2v) is 9.20. The fraction of sp³-hybridized carbons (Fsp3) is 0.650. The summed E-state index contributed by atoms with van der Waals surface area (Å²) in [6, 6.07) is 0.615. The Morgan fingerprint density at radius 3 is 2.62 bits per heavy atom. The highest BCUT2D eigenvalue weighted by Crippen LogP contribution is 2.45. The van der Waals surface area contributed by atoms with Crippen LogP contribution >= 0.6 is 0 Å². The summed E-state index contributed by atoms with van der Waals surface area (Å²) in [5.41, 5.74) is 0.590. The number of anilines is 1. The predicted molar refractivity (Wildman–Crippen MR) is 106 cm³/mol. The summed E-state index contributed by atoms with van der Waals surface area (Å²) in [6.45, 7) is 7.62. The van der Waals surface area contributed by atoms with Crippen LogP contribution in [0.3, 0.4) is 0 Å². The summed E-state index contributed by atoms with van der Waals surface area (Å²) < 4.78 is 13.4. The number of amides is 1. The molecule has 2 fully saturated rings. The smallest absolute Gasteiger partial charge is 0.414 e. The van der Waals surface area contributed by atoms with Gasteiger partial charge in [0.2, 0.25) is 5.95 Å². The highest BCUT2D eigenvalue weighted by atomic mass is 16.6. The van der Waals surface area contributed by atoms with Crippen molar-refractivity contribution in [1.29, 1.82) is 0 Å². The molecule has 29 heavy (non-hydrogen) atoms. The van der Waals surface area contributed by atoms with Crippen molar-refractivity contribution >= 4 is 12.0 Å². The van der Waals surface area contributed by atoms with Gasteiger partial charge in [-0.3, -0.25) is 9.88 Å². The number of hydrogen-bond donors (Lipinski definition) is 1. The van der Waals surface area contributed by atoms with E-state index in [0.717, 1.165) is 37.7 Å². The summed E-state index contributed by atoms with van der Waals surface area (Å²) in [6.07, 6.45) is 9.93. The first kappa shape index (κ1) is 19.6. The summed E-state index contributed by atoms with van der Waals surface area (Å²) in [5, 5.41) is 10.7. The molecule has 2 aromatic heterocycles. The lowest BCUT2D eigenvalue weighted by Gasteiger charge is -2.19. The van der Waals surface area contributed by atoms with Crippen molar-refractivity contribution in [2.24, 2.45) is 0 Å². The van der Waals surface area contributed by atoms with E-state index in [1.807, 2.05) is 20.8 Å². The number of rotatable bonds is 5. The molecule has 9 heteroatoms. The quantitative estimate of drug-likeness (QED) is 0.817. The number of nitrogens with zero attached hydrogens (tertiary/aromatic N) is 5. The zero-order valence-electron chi connectivity index (χ0n) is 17.4. The molecule has 2 atom stereocenters. The summed E-state index contributed by atoms with van der Waals surface area (Å²) >= 11 is 0. The van der Waals surface area contributed by atoms with Gasteiger partial charge in [0, 0.05) is 17.9 Å². The topological polar surface area (TPSA) is 104 Å². The lowest BCUT2D eigenvalue weighted by molar-refractivity contribution is 0.0634. The predicted octanol–water partition coefficient (Wildman–Crippen LogP) is 3.64. The van der Waals surface area contributed by atoms with Crippen molar-refractivity contribution in [3.05, 3.63) is 24.3 Å². The number of nitrogens with one attached hydrogen (secondary N) is 1. The van der Waals surface area contributed by atoms with E-state index in [1.54, 1.807) is 18.7 Å². The number of carbonyl (C=O) groups excluding carboxylic acids is 1. The Balaban J connectivity index is 1.32. The van der Waals surface area contributed by atoms with E-state index in [-0.39, 0.29) is 17.6 Å². The molecule has 1 N–H and O–H groups in total. The van der Waals surface area contributed by atoms with E-state index in [9.17, 15) is 4.79 Å². The molecule has 0 unspecified atom stereocenters. The monoisotopic (exact) mass is 400 g/mol. The van der Waals surface area contributed by atoms with Gasteiger partial charge in [0.1, 0.15) is 18.0 Å². The third-order valence-electron chi connectivity index (χ3n) is 5.48. The Kier molecular flexibility index (Phi) is 4.92. The van der Waals surface area contributed by atoms with Gasteiger partial charge < -0.3 is 9.47 Å². The SMILES string of the molecule is CC(C)(C)OC(=O)Nc1ncc([C@@H]2CC[C@H](Oc3nncn3C3(C)CC3)C2)cn1. The highest BCUT2D eigenvalue weighted by molar-refractivity contribution is 5.82. The molecule has 1 amide bonds. The highest BCUT2D eigenvalue weighted by Gasteiger charge is 2.42. The second-order valence-electron chi connectivity index (χ2n) is 9.20. The van der Waals surface area contributed by atoms with Crippen molar-refractivity contribution < 1.29 is 14.3 Å². The fourth-order valence-corrected chi connectivity index (χ4v) is 3.60. The lowest BCUT2D eigenvalue weighted by Crippen LogP contribution is -2.27. The molecule has 156 valence electrons. The largest absolute Gasteiger partial charge is 0.460 e. The van der Waals surface area contributed by atoms with Crippen molar-refractivity contribution in [2.45, 2.75) is 83.0 Å². The maximum Gasteiger partial charge on any atom is 0.414 e. The summed E-state index contributed by atoms with van der Waals surface area (Å²) in [7, 11) is 0. The molecular weight excluding hydrogens is 372 g/mol. The maximum atomic E-state index is 11.8. The van der Waals surface area contributed by atoms with E-state index in [1.165, 1.54) is 0 Å². The number of aromatic nitrogens is 5. The van der Waals surface area contributed by atoms with Crippen LogP contribution in [0.1, 0.15) is 71.3 Å². The van der Waals surface area contributed by atoms with Gasteiger partial charge in [-0.1, -0.05) is 5.10 Å². The van der Waals surface area contributed by atoms with Crippen molar-refractivity contribution in [3.63, 3.8) is 0 Å². The van der Waals surface area contributed by atoms with Crippen molar-refractivity contribution in [2.75, 3.05) is 5.32 Å². The molecule has 2 aliphatic rings. The van der Waals surface area contributed by atoms with E-state index in [0.29, 0.717) is 11.9 Å². The minimum atomic E-state index is -0.565. The molecule has 0 aromatic carbocycles. The van der Waals surface area contributed by atoms with E-state index < -0.39 is 11.7 Å². The van der Waals surface area contributed by atoms with Gasteiger partial charge in [0.05, 0.1) is 0 Å². The van der Waals surface area contributed by atoms with Crippen LogP contribution in [-0.4, -0.2) is 42.5 Å². The van der Waals surface area contributed by atoms with Crippen LogP contribution in [0.4, 0.5) is 10.7 Å². The molecule has 2 heterocycles. The molecule has 0 radical (unpaired) electrons. The van der Waals surface area contributed by atoms with Crippen LogP contribution in [0, 0.1) is 0 Å². The van der Waals surface area contributed by atoms with Gasteiger partial charge in [-0.2, -0.15) is 0 Å². The van der Waals surface area contributed by atoms with Gasteiger partial charge in [-0.05, 0) is 71.3 Å². The first-order chi connectivity index (χ1) is 13.7. The fourth-order valence-electron chi connectivity index (χ4n) is 3.60. The minimum Gasteiger partial charge on any atom is -0.460 e. The Labute approximate surface area is 170 Å². The molecular formula is C20H28N6O3. The Morgan fingerprint density at radius 1 is 1.24 bits per heavy atom. The number of carbonyl (C=O) groups is 1. The lowest BCUT2D eigenvalue weighted by atomic mass is 10.0. The standard InChI is InChI=1S/C20H28N6O3/c1-19(2,3)29-18(27)24-16-21-10-14(11-22-16)13-5-6-15(9-13)28-17-25-23-12-26(17)20(4)7-8-20/h10-13,15H,5-9H2,1-4H3,(H,21,22,24,27)/t13-,15+/m1/s1. The molecule has 2 aromatic rings. The molecule has 0 bridgehead atoms. The summed E-state index contributed by atoms with van der Waals surface area (Å²) in [4.78, 5) is 20.3. The minimum absolute atomic E-state index is 0.102. The molecule has 0 spiro atoms. The Bertz CT molecular complexity index is 869. The molecule has 9 nitrogen and oxygen atoms in total. The van der Waals surface area contributed by atoms with Crippen LogP contribution in [-0.2, 0) is 10.3 Å². The normalized spacial score (nSPS) is 22.9. The average Bonchev–Trinajstić information content (AvgIpc) is 3.05. The van der Waals surface area contributed by atoms with Gasteiger partial charge in [-0.25, -0.2) is 14.8 Å². The van der Waals surface area contributed by atoms with Gasteiger partial charge in [-0.15, -0.1) is 5.10 Å². The summed E-state index contributed by atoms with van der Waals surface area (Å²) in [5.74, 6) is 0.558. The molecule has 4 rings (SSSR count). The first-order valence-electron chi connectivity index (χ1n) is 10.1. The maximum absolute atomic E-state index is 11.8. The van der Waals surface area contributed by atoms with Gasteiger partial charge >= 0.3 is 12.1 Å². The van der Waals surface area contributed by atoms with E-state index in [4.69, 9.17) is 9.47 Å². The van der Waals surface area contributed by atoms with E-state index >= 15 is 0 Å². The number of hydrogen-bond acceptors (Lipinski definition) is 7. The van der Waals surface area contributed by atoms with Crippen LogP contribution in [0.2, 0.25) is 0 Å². The first-order valence-corrected chi connectivity index (χ1v) is 10.1. The van der Waals surface area contributed by atoms with Crippen molar-refractivity contribution in [1.82, 2.24) is 24.7 Å². The average molecular weight is 400 g/mol. The molecule has 2 saturated carbocycles. The van der Waals surface area contributed by atoms with Crippen LogP contribution in [0.5, 0.6) is 6.01 Å². The van der Waals surface area contributed by atoms with Gasteiger partial charge in [0.15, 0.2) is 0 Å². The van der Waals surface area contributed by atoms with Gasteiger partial charge in [0.25, 0.3) is 0 Å². The number of ether oxygens (including phenoxy) is 2. The Morgan fingerprint density at radius 2 is 1.97 bits per heavy atom. The zero-order chi connectivity index (χ0) is 20.6. The Hall–Kier alpha value is -2.71. The molecule has 2 aliphatic carbocycles. The van der Waals surface area contributed by atoms with E-state index in [2.05, 4.69) is 37.0 Å². The molecule has 0 aliphatic heterocycles. The third kappa shape index (κ3) is 4.65. The second kappa shape index (κ2) is 7.27. The third-order valence-corrected chi connectivity index (χ3v) is 5.48. The van der Waals surface area contributed by atoms with Crippen molar-refractivity contribution in [3.8, 4) is 6.01 Å². The van der Waals surface area contributed by atoms with Crippen LogP contribution < -0.4 is 10.1 Å². The van der Waals surface area contributed by atoms with Crippen LogP contribution in [0.25, 0.3) is 0 Å².